The summed E-state index contributed by atoms with van der Waals surface area (Å²) in [4.78, 5) is 17.1. The Morgan fingerprint density at radius 1 is 1.07 bits per heavy atom. The van der Waals surface area contributed by atoms with Crippen LogP contribution in [-0.4, -0.2) is 17.4 Å². The van der Waals surface area contributed by atoms with E-state index in [1.165, 1.54) is 44.2 Å². The monoisotopic (exact) mass is 390 g/mol. The molecule has 1 saturated heterocycles. The van der Waals surface area contributed by atoms with Gasteiger partial charge in [0.25, 0.3) is 0 Å². The first-order valence-corrected chi connectivity index (χ1v) is 10.9. The zero-order chi connectivity index (χ0) is 19.8. The van der Waals surface area contributed by atoms with Gasteiger partial charge in [-0.3, -0.25) is 9.78 Å². The lowest BCUT2D eigenvalue weighted by molar-refractivity contribution is -0.126. The van der Waals surface area contributed by atoms with Crippen molar-refractivity contribution in [1.29, 1.82) is 0 Å². The smallest absolute Gasteiger partial charge is 0.224 e. The number of nitrogens with one attached hydrogen (secondary N) is 1. The van der Waals surface area contributed by atoms with Crippen LogP contribution < -0.4 is 5.32 Å². The fraction of sp³-hybridized carbons (Fsp3) is 0.440. The van der Waals surface area contributed by atoms with Gasteiger partial charge in [-0.2, -0.15) is 0 Å². The van der Waals surface area contributed by atoms with Crippen molar-refractivity contribution in [3.8, 4) is 11.1 Å². The van der Waals surface area contributed by atoms with Crippen LogP contribution >= 0.6 is 0 Å². The van der Waals surface area contributed by atoms with Crippen LogP contribution in [0.5, 0.6) is 0 Å². The number of amides is 1. The summed E-state index contributed by atoms with van der Waals surface area (Å²) in [5.74, 6) is 2.30. The summed E-state index contributed by atoms with van der Waals surface area (Å²) in [7, 11) is 0. The third-order valence-electron chi connectivity index (χ3n) is 7.27. The lowest BCUT2D eigenvalue weighted by Crippen LogP contribution is -2.41. The molecule has 4 heteroatoms. The highest BCUT2D eigenvalue weighted by atomic mass is 19.1. The molecular formula is C25H27FN2O. The van der Waals surface area contributed by atoms with Gasteiger partial charge in [-0.05, 0) is 66.4 Å². The number of halogens is 1. The lowest BCUT2D eigenvalue weighted by atomic mass is 9.58. The van der Waals surface area contributed by atoms with E-state index in [1.807, 2.05) is 18.2 Å². The molecule has 3 fully saturated rings. The van der Waals surface area contributed by atoms with Crippen LogP contribution in [-0.2, 0) is 4.79 Å². The van der Waals surface area contributed by atoms with Gasteiger partial charge in [0.15, 0.2) is 0 Å². The largest absolute Gasteiger partial charge is 0.356 e. The summed E-state index contributed by atoms with van der Waals surface area (Å²) in [6.07, 6.45) is 12.5. The van der Waals surface area contributed by atoms with Crippen molar-refractivity contribution in [3.05, 3.63) is 60.2 Å². The zero-order valence-electron chi connectivity index (χ0n) is 16.6. The molecule has 3 nitrogen and oxygen atoms in total. The molecule has 29 heavy (non-hydrogen) atoms. The van der Waals surface area contributed by atoms with Gasteiger partial charge in [-0.1, -0.05) is 43.5 Å². The van der Waals surface area contributed by atoms with Crippen LogP contribution in [0.1, 0.15) is 37.8 Å². The van der Waals surface area contributed by atoms with E-state index in [9.17, 15) is 9.18 Å². The molecule has 2 saturated carbocycles. The molecule has 2 aromatic rings. The van der Waals surface area contributed by atoms with E-state index in [0.29, 0.717) is 17.8 Å². The standard InChI is InChI=1S/C25H27FN2O/c26-20-6-3-5-16(13-20)18-8-9-21(27-14-18)10-11-23-22-7-2-1-4-17(22)12-19-15-28-25(29)24(19)23/h3,5-6,8-11,13-14,17,19,22-24H,1-2,4,7,12,15H2,(H,28,29)/b11-10+/t17-,19+,22+,23-,24-/m0/s1. The summed E-state index contributed by atoms with van der Waals surface area (Å²) >= 11 is 0. The van der Waals surface area contributed by atoms with Crippen LogP contribution in [0.15, 0.2) is 48.7 Å². The molecule has 2 aliphatic carbocycles. The zero-order valence-corrected chi connectivity index (χ0v) is 16.6. The number of rotatable bonds is 3. The number of carbonyl (C=O) groups is 1. The Balaban J connectivity index is 1.38. The molecule has 0 spiro atoms. The number of aromatic nitrogens is 1. The van der Waals surface area contributed by atoms with Gasteiger partial charge in [-0.15, -0.1) is 0 Å². The normalized spacial score (nSPS) is 31.3. The topological polar surface area (TPSA) is 42.0 Å². The first-order valence-electron chi connectivity index (χ1n) is 10.9. The molecule has 150 valence electrons. The average Bonchev–Trinajstić information content (AvgIpc) is 3.12. The second kappa shape index (κ2) is 7.74. The molecular weight excluding hydrogens is 363 g/mol. The molecule has 2 heterocycles. The summed E-state index contributed by atoms with van der Waals surface area (Å²) in [6, 6.07) is 10.5. The van der Waals surface area contributed by atoms with Gasteiger partial charge in [0.1, 0.15) is 5.82 Å². The van der Waals surface area contributed by atoms with Crippen LogP contribution in [0, 0.1) is 35.4 Å². The van der Waals surface area contributed by atoms with Gasteiger partial charge >= 0.3 is 0 Å². The molecule has 0 bridgehead atoms. The molecule has 0 unspecified atom stereocenters. The predicted octanol–water partition coefficient (Wildman–Crippen LogP) is 5.09. The van der Waals surface area contributed by atoms with Crippen molar-refractivity contribution < 1.29 is 9.18 Å². The van der Waals surface area contributed by atoms with Crippen LogP contribution in [0.25, 0.3) is 17.2 Å². The summed E-state index contributed by atoms with van der Waals surface area (Å²) in [5.41, 5.74) is 2.62. The Bertz CT molecular complexity index is 923. The van der Waals surface area contributed by atoms with E-state index >= 15 is 0 Å². The van der Waals surface area contributed by atoms with Crippen molar-refractivity contribution in [2.45, 2.75) is 32.1 Å². The maximum Gasteiger partial charge on any atom is 0.224 e. The van der Waals surface area contributed by atoms with Gasteiger partial charge in [-0.25, -0.2) is 4.39 Å². The second-order valence-electron chi connectivity index (χ2n) is 8.89. The maximum absolute atomic E-state index is 13.5. The number of hydrogen-bond acceptors (Lipinski definition) is 2. The highest BCUT2D eigenvalue weighted by Crippen LogP contribution is 2.50. The Morgan fingerprint density at radius 3 is 2.79 bits per heavy atom. The number of allylic oxidation sites excluding steroid dienone is 1. The Labute approximate surface area is 171 Å². The first-order chi connectivity index (χ1) is 14.2. The lowest BCUT2D eigenvalue weighted by Gasteiger charge is -2.45. The molecule has 3 aliphatic rings. The Kier molecular flexibility index (Phi) is 4.94. The highest BCUT2D eigenvalue weighted by Gasteiger charge is 2.49. The molecule has 0 radical (unpaired) electrons. The minimum atomic E-state index is -0.241. The molecule has 1 aromatic carbocycles. The SMILES string of the molecule is O=C1NC[C@H]2C[C@@H]3CCCC[C@H]3[C@H](/C=C/c3ccc(-c4cccc(F)c4)cn3)[C@@H]12. The molecule has 1 N–H and O–H groups in total. The van der Waals surface area contributed by atoms with Gasteiger partial charge < -0.3 is 5.32 Å². The van der Waals surface area contributed by atoms with E-state index in [0.717, 1.165) is 29.3 Å². The van der Waals surface area contributed by atoms with E-state index in [4.69, 9.17) is 0 Å². The molecule has 5 atom stereocenters. The van der Waals surface area contributed by atoms with Crippen molar-refractivity contribution in [1.82, 2.24) is 10.3 Å². The number of nitrogens with zero attached hydrogens (tertiary/aromatic N) is 1. The third kappa shape index (κ3) is 3.61. The van der Waals surface area contributed by atoms with E-state index in [2.05, 4.69) is 22.5 Å². The summed E-state index contributed by atoms with van der Waals surface area (Å²) < 4.78 is 13.5. The molecule has 5 rings (SSSR count). The van der Waals surface area contributed by atoms with Crippen LogP contribution in [0.2, 0.25) is 0 Å². The highest BCUT2D eigenvalue weighted by molar-refractivity contribution is 5.82. The fourth-order valence-corrected chi connectivity index (χ4v) is 5.92. The van der Waals surface area contributed by atoms with Crippen LogP contribution in [0.4, 0.5) is 4.39 Å². The van der Waals surface area contributed by atoms with E-state index in [1.54, 1.807) is 12.3 Å². The minimum Gasteiger partial charge on any atom is -0.356 e. The summed E-state index contributed by atoms with van der Waals surface area (Å²) in [6.45, 7) is 0.845. The Morgan fingerprint density at radius 2 is 1.97 bits per heavy atom. The van der Waals surface area contributed by atoms with Crippen molar-refractivity contribution in [3.63, 3.8) is 0 Å². The number of benzene rings is 1. The number of fused-ring (bicyclic) bond motifs is 2. The summed E-state index contributed by atoms with van der Waals surface area (Å²) in [5, 5.41) is 3.11. The van der Waals surface area contributed by atoms with Gasteiger partial charge in [0, 0.05) is 24.2 Å². The molecule has 1 aliphatic heterocycles. The number of hydrogen-bond donors (Lipinski definition) is 1. The Hall–Kier alpha value is -2.49. The van der Waals surface area contributed by atoms with Gasteiger partial charge in [0.2, 0.25) is 5.91 Å². The van der Waals surface area contributed by atoms with Crippen molar-refractivity contribution in [2.24, 2.45) is 29.6 Å². The van der Waals surface area contributed by atoms with Crippen LogP contribution in [0.3, 0.4) is 0 Å². The van der Waals surface area contributed by atoms with Crippen molar-refractivity contribution >= 4 is 12.0 Å². The van der Waals surface area contributed by atoms with Gasteiger partial charge in [0.05, 0.1) is 5.69 Å². The van der Waals surface area contributed by atoms with E-state index in [-0.39, 0.29) is 17.6 Å². The molecule has 1 aromatic heterocycles. The fourth-order valence-electron chi connectivity index (χ4n) is 5.92. The third-order valence-corrected chi connectivity index (χ3v) is 7.27. The first kappa shape index (κ1) is 18.5. The number of pyridine rings is 1. The minimum absolute atomic E-state index is 0.122. The predicted molar refractivity (Wildman–Crippen MR) is 112 cm³/mol. The van der Waals surface area contributed by atoms with E-state index < -0.39 is 0 Å². The average molecular weight is 391 g/mol. The number of carbonyl (C=O) groups excluding carboxylic acids is 1. The quantitative estimate of drug-likeness (QED) is 0.793. The van der Waals surface area contributed by atoms with Crippen molar-refractivity contribution in [2.75, 3.05) is 6.54 Å². The second-order valence-corrected chi connectivity index (χ2v) is 8.89. The maximum atomic E-state index is 13.5. The molecule has 1 amide bonds.